The van der Waals surface area contributed by atoms with Crippen LogP contribution in [-0.4, -0.2) is 19.1 Å². The SMILES string of the molecule is O=C(NCCOc1ccc(F)cc1)c1ccc(I)cc1. The molecule has 0 saturated heterocycles. The fourth-order valence-electron chi connectivity index (χ4n) is 1.57. The first-order chi connectivity index (χ1) is 9.65. The molecule has 2 aromatic carbocycles. The van der Waals surface area contributed by atoms with Crippen molar-refractivity contribution in [3.63, 3.8) is 0 Å². The van der Waals surface area contributed by atoms with Gasteiger partial charge in [-0.3, -0.25) is 4.79 Å². The molecule has 104 valence electrons. The summed E-state index contributed by atoms with van der Waals surface area (Å²) in [6, 6.07) is 13.1. The van der Waals surface area contributed by atoms with E-state index in [1.807, 2.05) is 12.1 Å². The summed E-state index contributed by atoms with van der Waals surface area (Å²) in [6.07, 6.45) is 0. The fraction of sp³-hybridized carbons (Fsp3) is 0.133. The monoisotopic (exact) mass is 385 g/mol. The van der Waals surface area contributed by atoms with Crippen LogP contribution in [0.1, 0.15) is 10.4 Å². The van der Waals surface area contributed by atoms with Crippen molar-refractivity contribution in [3.05, 3.63) is 63.5 Å². The van der Waals surface area contributed by atoms with Crippen molar-refractivity contribution in [2.75, 3.05) is 13.2 Å². The van der Waals surface area contributed by atoms with Gasteiger partial charge in [0.2, 0.25) is 0 Å². The van der Waals surface area contributed by atoms with Gasteiger partial charge < -0.3 is 10.1 Å². The minimum absolute atomic E-state index is 0.135. The summed E-state index contributed by atoms with van der Waals surface area (Å²) in [5, 5.41) is 2.76. The first-order valence-electron chi connectivity index (χ1n) is 6.07. The highest BCUT2D eigenvalue weighted by Gasteiger charge is 2.04. The van der Waals surface area contributed by atoms with E-state index < -0.39 is 0 Å². The van der Waals surface area contributed by atoms with E-state index in [2.05, 4.69) is 27.9 Å². The van der Waals surface area contributed by atoms with Gasteiger partial charge in [0.15, 0.2) is 0 Å². The van der Waals surface area contributed by atoms with Gasteiger partial charge in [0, 0.05) is 9.13 Å². The first-order valence-corrected chi connectivity index (χ1v) is 7.15. The average molecular weight is 385 g/mol. The Balaban J connectivity index is 1.74. The molecule has 0 fully saturated rings. The molecule has 5 heteroatoms. The average Bonchev–Trinajstić information content (AvgIpc) is 2.46. The van der Waals surface area contributed by atoms with Crippen molar-refractivity contribution < 1.29 is 13.9 Å². The van der Waals surface area contributed by atoms with Gasteiger partial charge in [0.1, 0.15) is 18.2 Å². The van der Waals surface area contributed by atoms with Gasteiger partial charge in [-0.15, -0.1) is 0 Å². The summed E-state index contributed by atoms with van der Waals surface area (Å²) in [7, 11) is 0. The van der Waals surface area contributed by atoms with Gasteiger partial charge in [-0.05, 0) is 71.1 Å². The minimum atomic E-state index is -0.302. The van der Waals surface area contributed by atoms with Gasteiger partial charge in [0.25, 0.3) is 5.91 Å². The zero-order chi connectivity index (χ0) is 14.4. The Labute approximate surface area is 130 Å². The van der Waals surface area contributed by atoms with Crippen molar-refractivity contribution in [2.24, 2.45) is 0 Å². The molecule has 20 heavy (non-hydrogen) atoms. The fourth-order valence-corrected chi connectivity index (χ4v) is 1.93. The largest absolute Gasteiger partial charge is 0.492 e. The van der Waals surface area contributed by atoms with Crippen molar-refractivity contribution in [2.45, 2.75) is 0 Å². The van der Waals surface area contributed by atoms with Crippen LogP contribution in [0.25, 0.3) is 0 Å². The van der Waals surface area contributed by atoms with E-state index in [4.69, 9.17) is 4.74 Å². The lowest BCUT2D eigenvalue weighted by Crippen LogP contribution is -2.28. The lowest BCUT2D eigenvalue weighted by atomic mass is 10.2. The van der Waals surface area contributed by atoms with E-state index in [0.29, 0.717) is 24.5 Å². The molecule has 0 aliphatic heterocycles. The Kier molecular flexibility index (Phi) is 5.34. The van der Waals surface area contributed by atoms with Crippen LogP contribution >= 0.6 is 22.6 Å². The molecule has 0 spiro atoms. The topological polar surface area (TPSA) is 38.3 Å². The molecule has 2 rings (SSSR count). The van der Waals surface area contributed by atoms with E-state index in [1.165, 1.54) is 12.1 Å². The number of hydrogen-bond donors (Lipinski definition) is 1. The molecule has 0 atom stereocenters. The quantitative estimate of drug-likeness (QED) is 0.634. The molecule has 0 radical (unpaired) electrons. The molecule has 0 aliphatic carbocycles. The highest BCUT2D eigenvalue weighted by atomic mass is 127. The number of nitrogens with one attached hydrogen (secondary N) is 1. The van der Waals surface area contributed by atoms with Crippen molar-refractivity contribution >= 4 is 28.5 Å². The molecule has 2 aromatic rings. The molecular formula is C15H13FINO2. The normalized spacial score (nSPS) is 10.1. The molecular weight excluding hydrogens is 372 g/mol. The van der Waals surface area contributed by atoms with Crippen molar-refractivity contribution in [1.29, 1.82) is 0 Å². The molecule has 3 nitrogen and oxygen atoms in total. The van der Waals surface area contributed by atoms with Crippen molar-refractivity contribution in [1.82, 2.24) is 5.32 Å². The zero-order valence-electron chi connectivity index (χ0n) is 10.6. The van der Waals surface area contributed by atoms with Crippen LogP contribution in [0.5, 0.6) is 5.75 Å². The zero-order valence-corrected chi connectivity index (χ0v) is 12.8. The van der Waals surface area contributed by atoms with E-state index in [1.54, 1.807) is 24.3 Å². The Hall–Kier alpha value is -1.63. The number of carbonyl (C=O) groups is 1. The van der Waals surface area contributed by atoms with Gasteiger partial charge in [-0.2, -0.15) is 0 Å². The maximum absolute atomic E-state index is 12.7. The van der Waals surface area contributed by atoms with E-state index >= 15 is 0 Å². The second-order valence-electron chi connectivity index (χ2n) is 4.07. The number of benzene rings is 2. The van der Waals surface area contributed by atoms with Gasteiger partial charge >= 0.3 is 0 Å². The molecule has 0 heterocycles. The molecule has 0 aromatic heterocycles. The number of amides is 1. The van der Waals surface area contributed by atoms with Gasteiger partial charge in [-0.1, -0.05) is 0 Å². The summed E-state index contributed by atoms with van der Waals surface area (Å²) in [4.78, 5) is 11.8. The Morgan fingerprint density at radius 3 is 2.40 bits per heavy atom. The standard InChI is InChI=1S/C15H13FINO2/c16-12-3-7-14(8-4-12)20-10-9-18-15(19)11-1-5-13(17)6-2-11/h1-8H,9-10H2,(H,18,19). The second kappa shape index (κ2) is 7.23. The highest BCUT2D eigenvalue weighted by Crippen LogP contribution is 2.10. The Morgan fingerprint density at radius 2 is 1.75 bits per heavy atom. The predicted octanol–water partition coefficient (Wildman–Crippen LogP) is 3.24. The molecule has 1 N–H and O–H groups in total. The summed E-state index contributed by atoms with van der Waals surface area (Å²) in [5.41, 5.74) is 0.618. The first kappa shape index (κ1) is 14.8. The molecule has 0 bridgehead atoms. The number of rotatable bonds is 5. The van der Waals surface area contributed by atoms with Crippen LogP contribution in [0, 0.1) is 9.39 Å². The molecule has 0 unspecified atom stereocenters. The van der Waals surface area contributed by atoms with Crippen LogP contribution in [0.15, 0.2) is 48.5 Å². The van der Waals surface area contributed by atoms with Crippen molar-refractivity contribution in [3.8, 4) is 5.75 Å². The molecule has 0 aliphatic rings. The lowest BCUT2D eigenvalue weighted by Gasteiger charge is -2.07. The van der Waals surface area contributed by atoms with Crippen LogP contribution in [0.2, 0.25) is 0 Å². The maximum Gasteiger partial charge on any atom is 0.251 e. The summed E-state index contributed by atoms with van der Waals surface area (Å²) < 4.78 is 19.1. The van der Waals surface area contributed by atoms with Crippen LogP contribution in [0.3, 0.4) is 0 Å². The Morgan fingerprint density at radius 1 is 1.10 bits per heavy atom. The maximum atomic E-state index is 12.7. The predicted molar refractivity (Wildman–Crippen MR) is 83.4 cm³/mol. The number of hydrogen-bond acceptors (Lipinski definition) is 2. The van der Waals surface area contributed by atoms with Crippen LogP contribution < -0.4 is 10.1 Å². The summed E-state index contributed by atoms with van der Waals surface area (Å²) in [5.74, 6) is 0.142. The molecule has 0 saturated carbocycles. The second-order valence-corrected chi connectivity index (χ2v) is 5.31. The number of halogens is 2. The lowest BCUT2D eigenvalue weighted by molar-refractivity contribution is 0.0947. The van der Waals surface area contributed by atoms with Crippen LogP contribution in [-0.2, 0) is 0 Å². The summed E-state index contributed by atoms with van der Waals surface area (Å²) >= 11 is 2.18. The van der Waals surface area contributed by atoms with Gasteiger partial charge in [0.05, 0.1) is 6.54 Å². The number of carbonyl (C=O) groups excluding carboxylic acids is 1. The molecule has 1 amide bonds. The third-order valence-corrected chi connectivity index (χ3v) is 3.30. The minimum Gasteiger partial charge on any atom is -0.492 e. The summed E-state index contributed by atoms with van der Waals surface area (Å²) in [6.45, 7) is 0.726. The van der Waals surface area contributed by atoms with Crippen LogP contribution in [0.4, 0.5) is 4.39 Å². The van der Waals surface area contributed by atoms with E-state index in [-0.39, 0.29) is 11.7 Å². The van der Waals surface area contributed by atoms with Gasteiger partial charge in [-0.25, -0.2) is 4.39 Å². The smallest absolute Gasteiger partial charge is 0.251 e. The third kappa shape index (κ3) is 4.48. The third-order valence-electron chi connectivity index (χ3n) is 2.58. The Bertz CT molecular complexity index is 569. The highest BCUT2D eigenvalue weighted by molar-refractivity contribution is 14.1. The van der Waals surface area contributed by atoms with E-state index in [0.717, 1.165) is 3.57 Å². The van der Waals surface area contributed by atoms with E-state index in [9.17, 15) is 9.18 Å². The number of ether oxygens (including phenoxy) is 1.